The van der Waals surface area contributed by atoms with Crippen LogP contribution in [-0.2, 0) is 9.59 Å². The van der Waals surface area contributed by atoms with E-state index in [0.29, 0.717) is 28.7 Å². The Labute approximate surface area is 131 Å². The van der Waals surface area contributed by atoms with Gasteiger partial charge in [0, 0.05) is 6.07 Å². The Bertz CT molecular complexity index is 728. The molecule has 1 heterocycles. The summed E-state index contributed by atoms with van der Waals surface area (Å²) in [6.07, 6.45) is 0.513. The molecule has 3 rings (SSSR count). The number of aryl methyl sites for hydroxylation is 1. The SMILES string of the molecule is Cc1cc(NC(=O)C2CC2C(=O)Nc2ccccc2Cl)no1. The van der Waals surface area contributed by atoms with Crippen LogP contribution in [0.15, 0.2) is 34.9 Å². The summed E-state index contributed by atoms with van der Waals surface area (Å²) in [6, 6.07) is 8.60. The highest BCUT2D eigenvalue weighted by molar-refractivity contribution is 6.33. The molecule has 1 saturated carbocycles. The van der Waals surface area contributed by atoms with E-state index in [1.165, 1.54) is 0 Å². The molecular formula is C15H14ClN3O3. The number of rotatable bonds is 4. The van der Waals surface area contributed by atoms with Gasteiger partial charge in [-0.15, -0.1) is 0 Å². The van der Waals surface area contributed by atoms with Crippen molar-refractivity contribution in [3.63, 3.8) is 0 Å². The number of para-hydroxylation sites is 1. The Morgan fingerprint density at radius 2 is 1.91 bits per heavy atom. The van der Waals surface area contributed by atoms with Gasteiger partial charge in [0.15, 0.2) is 5.82 Å². The van der Waals surface area contributed by atoms with Gasteiger partial charge in [0.1, 0.15) is 5.76 Å². The zero-order chi connectivity index (χ0) is 15.7. The molecule has 0 spiro atoms. The zero-order valence-electron chi connectivity index (χ0n) is 11.8. The van der Waals surface area contributed by atoms with Crippen molar-refractivity contribution in [1.82, 2.24) is 5.16 Å². The first-order valence-electron chi connectivity index (χ1n) is 6.84. The number of carbonyl (C=O) groups excluding carboxylic acids is 2. The molecule has 1 aliphatic carbocycles. The van der Waals surface area contributed by atoms with Crippen LogP contribution in [0, 0.1) is 18.8 Å². The third kappa shape index (κ3) is 3.12. The number of hydrogen-bond donors (Lipinski definition) is 2. The van der Waals surface area contributed by atoms with Crippen LogP contribution < -0.4 is 10.6 Å². The van der Waals surface area contributed by atoms with Gasteiger partial charge >= 0.3 is 0 Å². The number of anilines is 2. The zero-order valence-corrected chi connectivity index (χ0v) is 12.6. The lowest BCUT2D eigenvalue weighted by Gasteiger charge is -2.06. The molecule has 0 aliphatic heterocycles. The van der Waals surface area contributed by atoms with Crippen LogP contribution in [0.25, 0.3) is 0 Å². The van der Waals surface area contributed by atoms with Gasteiger partial charge in [-0.3, -0.25) is 9.59 Å². The highest BCUT2D eigenvalue weighted by atomic mass is 35.5. The van der Waals surface area contributed by atoms with E-state index in [4.69, 9.17) is 16.1 Å². The summed E-state index contributed by atoms with van der Waals surface area (Å²) in [6.45, 7) is 1.74. The smallest absolute Gasteiger partial charge is 0.229 e. The number of amides is 2. The Kier molecular flexibility index (Phi) is 3.85. The fourth-order valence-electron chi connectivity index (χ4n) is 2.21. The second-order valence-corrected chi connectivity index (χ2v) is 5.64. The van der Waals surface area contributed by atoms with Crippen LogP contribution in [0.5, 0.6) is 0 Å². The minimum atomic E-state index is -0.348. The van der Waals surface area contributed by atoms with Gasteiger partial charge in [0.2, 0.25) is 11.8 Å². The number of nitrogens with one attached hydrogen (secondary N) is 2. The average molecular weight is 320 g/mol. The van der Waals surface area contributed by atoms with Crippen molar-refractivity contribution in [3.8, 4) is 0 Å². The summed E-state index contributed by atoms with van der Waals surface area (Å²) >= 11 is 5.99. The Morgan fingerprint density at radius 1 is 1.23 bits per heavy atom. The molecule has 7 heteroatoms. The molecule has 1 aliphatic rings. The maximum absolute atomic E-state index is 12.1. The fourth-order valence-corrected chi connectivity index (χ4v) is 2.39. The van der Waals surface area contributed by atoms with E-state index in [1.807, 2.05) is 0 Å². The molecule has 2 amide bonds. The predicted molar refractivity (Wildman–Crippen MR) is 81.5 cm³/mol. The summed E-state index contributed by atoms with van der Waals surface area (Å²) in [7, 11) is 0. The largest absolute Gasteiger partial charge is 0.360 e. The Morgan fingerprint density at radius 3 is 2.55 bits per heavy atom. The maximum atomic E-state index is 12.1. The van der Waals surface area contributed by atoms with E-state index in [0.717, 1.165) is 0 Å². The first-order valence-corrected chi connectivity index (χ1v) is 7.22. The summed E-state index contributed by atoms with van der Waals surface area (Å²) in [5.41, 5.74) is 0.548. The molecule has 2 aromatic rings. The van der Waals surface area contributed by atoms with Crippen molar-refractivity contribution < 1.29 is 14.1 Å². The van der Waals surface area contributed by atoms with E-state index >= 15 is 0 Å². The molecule has 0 saturated heterocycles. The van der Waals surface area contributed by atoms with Gasteiger partial charge in [-0.05, 0) is 25.5 Å². The number of aromatic nitrogens is 1. The molecule has 1 aromatic heterocycles. The number of halogens is 1. The average Bonchev–Trinajstić information content (AvgIpc) is 3.19. The standard InChI is InChI=1S/C15H14ClN3O3/c1-8-6-13(19-22-8)18-15(21)10-7-9(10)14(20)17-12-5-3-2-4-11(12)16/h2-6,9-10H,7H2,1H3,(H,17,20)(H,18,19,21). The number of benzene rings is 1. The molecule has 2 atom stereocenters. The van der Waals surface area contributed by atoms with Gasteiger partial charge in [-0.25, -0.2) is 0 Å². The van der Waals surface area contributed by atoms with Crippen LogP contribution in [0.4, 0.5) is 11.5 Å². The molecule has 114 valence electrons. The Balaban J connectivity index is 1.56. The molecule has 22 heavy (non-hydrogen) atoms. The second-order valence-electron chi connectivity index (χ2n) is 5.23. The number of carbonyl (C=O) groups is 2. The monoisotopic (exact) mass is 319 g/mol. The summed E-state index contributed by atoms with van der Waals surface area (Å²) in [5.74, 6) is -0.153. The van der Waals surface area contributed by atoms with Crippen molar-refractivity contribution >= 4 is 34.9 Å². The minimum absolute atomic E-state index is 0.204. The van der Waals surface area contributed by atoms with Gasteiger partial charge in [0.05, 0.1) is 22.5 Å². The van der Waals surface area contributed by atoms with Crippen molar-refractivity contribution in [3.05, 3.63) is 41.1 Å². The molecular weight excluding hydrogens is 306 g/mol. The first kappa shape index (κ1) is 14.6. The summed E-state index contributed by atoms with van der Waals surface area (Å²) in [5, 5.41) is 9.53. The molecule has 0 radical (unpaired) electrons. The number of nitrogens with zero attached hydrogens (tertiary/aromatic N) is 1. The lowest BCUT2D eigenvalue weighted by Crippen LogP contribution is -2.20. The van der Waals surface area contributed by atoms with Gasteiger partial charge < -0.3 is 15.2 Å². The van der Waals surface area contributed by atoms with E-state index in [-0.39, 0.29) is 23.7 Å². The minimum Gasteiger partial charge on any atom is -0.360 e. The fraction of sp³-hybridized carbons (Fsp3) is 0.267. The molecule has 1 fully saturated rings. The second kappa shape index (κ2) is 5.81. The first-order chi connectivity index (χ1) is 10.5. The van der Waals surface area contributed by atoms with Crippen molar-refractivity contribution in [2.24, 2.45) is 11.8 Å². The lowest BCUT2D eigenvalue weighted by molar-refractivity contribution is -0.122. The molecule has 2 unspecified atom stereocenters. The third-order valence-corrected chi connectivity index (χ3v) is 3.80. The molecule has 1 aromatic carbocycles. The van der Waals surface area contributed by atoms with Crippen LogP contribution in [-0.4, -0.2) is 17.0 Å². The normalized spacial score (nSPS) is 19.5. The third-order valence-electron chi connectivity index (χ3n) is 3.47. The molecule has 6 nitrogen and oxygen atoms in total. The summed E-state index contributed by atoms with van der Waals surface area (Å²) < 4.78 is 4.87. The van der Waals surface area contributed by atoms with Crippen LogP contribution >= 0.6 is 11.6 Å². The van der Waals surface area contributed by atoms with Gasteiger partial charge in [-0.2, -0.15) is 0 Å². The van der Waals surface area contributed by atoms with Crippen LogP contribution in [0.1, 0.15) is 12.2 Å². The Hall–Kier alpha value is -2.34. The quantitative estimate of drug-likeness (QED) is 0.907. The number of hydrogen-bond acceptors (Lipinski definition) is 4. The van der Waals surface area contributed by atoms with Crippen molar-refractivity contribution in [1.29, 1.82) is 0 Å². The maximum Gasteiger partial charge on any atom is 0.229 e. The molecule has 2 N–H and O–H groups in total. The van der Waals surface area contributed by atoms with E-state index in [1.54, 1.807) is 37.3 Å². The van der Waals surface area contributed by atoms with Crippen LogP contribution in [0.2, 0.25) is 5.02 Å². The van der Waals surface area contributed by atoms with Crippen molar-refractivity contribution in [2.75, 3.05) is 10.6 Å². The van der Waals surface area contributed by atoms with Gasteiger partial charge in [0.25, 0.3) is 0 Å². The van der Waals surface area contributed by atoms with Gasteiger partial charge in [-0.1, -0.05) is 28.9 Å². The van der Waals surface area contributed by atoms with E-state index < -0.39 is 0 Å². The lowest BCUT2D eigenvalue weighted by atomic mass is 10.2. The van der Waals surface area contributed by atoms with Crippen LogP contribution in [0.3, 0.4) is 0 Å². The predicted octanol–water partition coefficient (Wildman–Crippen LogP) is 2.85. The highest BCUT2D eigenvalue weighted by Gasteiger charge is 2.48. The topological polar surface area (TPSA) is 84.2 Å². The molecule has 0 bridgehead atoms. The highest BCUT2D eigenvalue weighted by Crippen LogP contribution is 2.40. The van der Waals surface area contributed by atoms with E-state index in [9.17, 15) is 9.59 Å². The van der Waals surface area contributed by atoms with E-state index in [2.05, 4.69) is 15.8 Å². The summed E-state index contributed by atoms with van der Waals surface area (Å²) in [4.78, 5) is 24.1. The van der Waals surface area contributed by atoms with Crippen molar-refractivity contribution in [2.45, 2.75) is 13.3 Å².